The molecule has 3 aromatic rings. The third-order valence-electron chi connectivity index (χ3n) is 5.85. The van der Waals surface area contributed by atoms with Gasteiger partial charge in [-0.3, -0.25) is 0 Å². The first-order valence-corrected chi connectivity index (χ1v) is 14.8. The highest BCUT2D eigenvalue weighted by atomic mass is 35.5. The van der Waals surface area contributed by atoms with Gasteiger partial charge in [0.2, 0.25) is 0 Å². The summed E-state index contributed by atoms with van der Waals surface area (Å²) in [6, 6.07) is 13.6. The minimum atomic E-state index is -1.16. The molecule has 1 aliphatic rings. The van der Waals surface area contributed by atoms with Gasteiger partial charge in [-0.25, -0.2) is 4.68 Å². The lowest BCUT2D eigenvalue weighted by atomic mass is 9.96. The van der Waals surface area contributed by atoms with Crippen molar-refractivity contribution in [3.63, 3.8) is 0 Å². The molecule has 162 valence electrons. The standard InChI is InChI=1S/C24H29ClN4OSi/c1-28-8-7-17-5-6-18(11-20(17)15-28)24-21-13-22(25)19(14-26)12-23(21)29(27-24)16-30-9-10-31(2,3)4/h5-6,11-13H,7-10,15-16H2,1-4H3. The minimum Gasteiger partial charge on any atom is -0.360 e. The number of fused-ring (bicyclic) bond motifs is 2. The average molecular weight is 453 g/mol. The zero-order valence-electron chi connectivity index (χ0n) is 18.7. The fourth-order valence-electron chi connectivity index (χ4n) is 3.97. The molecule has 1 aliphatic heterocycles. The lowest BCUT2D eigenvalue weighted by Crippen LogP contribution is -2.26. The van der Waals surface area contributed by atoms with E-state index in [-0.39, 0.29) is 0 Å². The summed E-state index contributed by atoms with van der Waals surface area (Å²) in [5.41, 5.74) is 6.03. The van der Waals surface area contributed by atoms with Gasteiger partial charge in [-0.15, -0.1) is 0 Å². The van der Waals surface area contributed by atoms with Gasteiger partial charge in [-0.05, 0) is 48.8 Å². The fraction of sp³-hybridized carbons (Fsp3) is 0.417. The van der Waals surface area contributed by atoms with Crippen molar-refractivity contribution in [3.8, 4) is 17.3 Å². The van der Waals surface area contributed by atoms with Crippen LogP contribution < -0.4 is 0 Å². The molecule has 0 spiro atoms. The minimum absolute atomic E-state index is 0.362. The summed E-state index contributed by atoms with van der Waals surface area (Å²) in [4.78, 5) is 2.34. The first kappa shape index (κ1) is 22.0. The Morgan fingerprint density at radius 3 is 2.74 bits per heavy atom. The molecule has 0 unspecified atom stereocenters. The molecule has 0 saturated carbocycles. The Balaban J connectivity index is 1.73. The highest BCUT2D eigenvalue weighted by Gasteiger charge is 2.19. The van der Waals surface area contributed by atoms with Crippen LogP contribution in [0.15, 0.2) is 30.3 Å². The Kier molecular flexibility index (Phi) is 6.22. The van der Waals surface area contributed by atoms with Crippen molar-refractivity contribution >= 4 is 30.6 Å². The fourth-order valence-corrected chi connectivity index (χ4v) is 4.93. The highest BCUT2D eigenvalue weighted by Crippen LogP contribution is 2.34. The zero-order chi connectivity index (χ0) is 22.2. The van der Waals surface area contributed by atoms with Gasteiger partial charge < -0.3 is 9.64 Å². The second-order valence-electron chi connectivity index (χ2n) is 9.63. The van der Waals surface area contributed by atoms with Crippen LogP contribution in [0.1, 0.15) is 16.7 Å². The number of benzene rings is 2. The molecule has 2 heterocycles. The molecule has 0 aliphatic carbocycles. The Hall–Kier alpha value is -2.17. The maximum Gasteiger partial charge on any atom is 0.140 e. The van der Waals surface area contributed by atoms with Gasteiger partial charge in [-0.2, -0.15) is 10.4 Å². The molecule has 0 amide bonds. The second-order valence-corrected chi connectivity index (χ2v) is 15.7. The molecule has 2 aromatic carbocycles. The molecule has 31 heavy (non-hydrogen) atoms. The van der Waals surface area contributed by atoms with Crippen molar-refractivity contribution in [1.29, 1.82) is 5.26 Å². The third kappa shape index (κ3) is 4.86. The smallest absolute Gasteiger partial charge is 0.140 e. The predicted octanol–water partition coefficient (Wildman–Crippen LogP) is 5.53. The average Bonchev–Trinajstić information content (AvgIpc) is 3.06. The van der Waals surface area contributed by atoms with E-state index in [1.807, 2.05) is 16.8 Å². The van der Waals surface area contributed by atoms with Crippen LogP contribution in [0.5, 0.6) is 0 Å². The molecular formula is C24H29ClN4OSi. The quantitative estimate of drug-likeness (QED) is 0.364. The molecule has 0 saturated heterocycles. The molecule has 0 fully saturated rings. The van der Waals surface area contributed by atoms with Crippen LogP contribution in [0.3, 0.4) is 0 Å². The lowest BCUT2D eigenvalue weighted by molar-refractivity contribution is 0.0818. The number of nitrogens with zero attached hydrogens (tertiary/aromatic N) is 4. The summed E-state index contributed by atoms with van der Waals surface area (Å²) in [7, 11) is 0.996. The van der Waals surface area contributed by atoms with E-state index < -0.39 is 8.07 Å². The summed E-state index contributed by atoms with van der Waals surface area (Å²) in [6.07, 6.45) is 1.07. The van der Waals surface area contributed by atoms with E-state index in [9.17, 15) is 5.26 Å². The van der Waals surface area contributed by atoms with Gasteiger partial charge in [0.05, 0.1) is 16.1 Å². The van der Waals surface area contributed by atoms with Crippen molar-refractivity contribution < 1.29 is 4.74 Å². The van der Waals surface area contributed by atoms with Crippen molar-refractivity contribution in [1.82, 2.24) is 14.7 Å². The number of ether oxygens (including phenoxy) is 1. The number of hydrogen-bond donors (Lipinski definition) is 0. The van der Waals surface area contributed by atoms with E-state index in [1.165, 1.54) is 11.1 Å². The van der Waals surface area contributed by atoms with Gasteiger partial charge in [0.15, 0.2) is 0 Å². The number of hydrogen-bond acceptors (Lipinski definition) is 4. The second kappa shape index (κ2) is 8.76. The van der Waals surface area contributed by atoms with Crippen LogP contribution in [0.25, 0.3) is 22.2 Å². The van der Waals surface area contributed by atoms with Crippen molar-refractivity contribution in [2.24, 2.45) is 0 Å². The van der Waals surface area contributed by atoms with Crippen LogP contribution in [0.2, 0.25) is 30.7 Å². The first-order chi connectivity index (χ1) is 14.7. The highest BCUT2D eigenvalue weighted by molar-refractivity contribution is 6.76. The van der Waals surface area contributed by atoms with Crippen molar-refractivity contribution in [3.05, 3.63) is 52.0 Å². The molecule has 4 rings (SSSR count). The van der Waals surface area contributed by atoms with Crippen LogP contribution in [-0.4, -0.2) is 43.0 Å². The van der Waals surface area contributed by atoms with Gasteiger partial charge in [0.25, 0.3) is 0 Å². The Morgan fingerprint density at radius 1 is 1.19 bits per heavy atom. The Labute approximate surface area is 190 Å². The van der Waals surface area contributed by atoms with Crippen molar-refractivity contribution in [2.45, 2.75) is 45.4 Å². The van der Waals surface area contributed by atoms with Crippen LogP contribution in [0, 0.1) is 11.3 Å². The van der Waals surface area contributed by atoms with Gasteiger partial charge in [0, 0.05) is 38.7 Å². The molecule has 7 heteroatoms. The zero-order valence-corrected chi connectivity index (χ0v) is 20.5. The van der Waals surface area contributed by atoms with Crippen LogP contribution in [0.4, 0.5) is 0 Å². The monoisotopic (exact) mass is 452 g/mol. The number of rotatable bonds is 6. The summed E-state index contributed by atoms with van der Waals surface area (Å²) in [6.45, 7) is 10.1. The van der Waals surface area contributed by atoms with Gasteiger partial charge >= 0.3 is 0 Å². The molecular weight excluding hydrogens is 424 g/mol. The van der Waals surface area contributed by atoms with Crippen molar-refractivity contribution in [2.75, 3.05) is 20.2 Å². The number of nitriles is 1. The number of halogens is 1. The van der Waals surface area contributed by atoms with Gasteiger partial charge in [0.1, 0.15) is 18.5 Å². The maximum absolute atomic E-state index is 9.46. The van der Waals surface area contributed by atoms with E-state index >= 15 is 0 Å². The topological polar surface area (TPSA) is 54.1 Å². The molecule has 0 atom stereocenters. The van der Waals surface area contributed by atoms with E-state index in [0.717, 1.165) is 54.3 Å². The molecule has 0 radical (unpaired) electrons. The lowest BCUT2D eigenvalue weighted by Gasteiger charge is -2.25. The third-order valence-corrected chi connectivity index (χ3v) is 7.87. The summed E-state index contributed by atoms with van der Waals surface area (Å²) in [5, 5.41) is 15.8. The maximum atomic E-state index is 9.46. The SMILES string of the molecule is CN1CCc2ccc(-c3nn(COCC[Si](C)(C)C)c4cc(C#N)c(Cl)cc34)cc2C1. The van der Waals surface area contributed by atoms with Crippen LogP contribution >= 0.6 is 11.6 Å². The molecule has 5 nitrogen and oxygen atoms in total. The normalized spacial score (nSPS) is 14.6. The number of aromatic nitrogens is 2. The van der Waals surface area contributed by atoms with Gasteiger partial charge in [-0.1, -0.05) is 43.4 Å². The molecule has 1 aromatic heterocycles. The first-order valence-electron chi connectivity index (χ1n) is 10.7. The summed E-state index contributed by atoms with van der Waals surface area (Å²) >= 11 is 6.39. The Morgan fingerprint density at radius 2 is 2.00 bits per heavy atom. The van der Waals surface area contributed by atoms with E-state index in [4.69, 9.17) is 21.4 Å². The largest absolute Gasteiger partial charge is 0.360 e. The van der Waals surface area contributed by atoms with E-state index in [1.54, 1.807) is 0 Å². The predicted molar refractivity (Wildman–Crippen MR) is 129 cm³/mol. The van der Waals surface area contributed by atoms with E-state index in [2.05, 4.69) is 55.9 Å². The van der Waals surface area contributed by atoms with Crippen LogP contribution in [-0.2, 0) is 24.4 Å². The Bertz CT molecular complexity index is 1160. The summed E-state index contributed by atoms with van der Waals surface area (Å²) < 4.78 is 7.83. The molecule has 0 bridgehead atoms. The number of likely N-dealkylation sites (N-methyl/N-ethyl adjacent to an activating group) is 1. The molecule has 0 N–H and O–H groups in total. The van der Waals surface area contributed by atoms with E-state index in [0.29, 0.717) is 17.3 Å². The summed E-state index contributed by atoms with van der Waals surface area (Å²) in [5.74, 6) is 0.